The molecule has 26 heavy (non-hydrogen) atoms. The van der Waals surface area contributed by atoms with Crippen LogP contribution >= 0.6 is 0 Å². The van der Waals surface area contributed by atoms with Crippen LogP contribution in [0.5, 0.6) is 0 Å². The molecule has 3 heterocycles. The highest BCUT2D eigenvalue weighted by Gasteiger charge is 2.42. The lowest BCUT2D eigenvalue weighted by molar-refractivity contribution is 0.0682. The maximum absolute atomic E-state index is 12.5. The van der Waals surface area contributed by atoms with Gasteiger partial charge in [0.25, 0.3) is 0 Å². The van der Waals surface area contributed by atoms with Crippen molar-refractivity contribution < 1.29 is 9.90 Å². The standard InChI is InChI=1S/C19H26N4O3/c1-13-3-4-16-15(11-13)20-17(24)23(16)14-5-8-22(9-6-14)19(2)7-10-21(12-19)18(25)26/h3-4,11,14H,5-10,12H2,1-2H3,(H,20,24)(H,25,26). The first-order chi connectivity index (χ1) is 12.4. The van der Waals surface area contributed by atoms with Crippen LogP contribution in [0.2, 0.25) is 0 Å². The Labute approximate surface area is 152 Å². The predicted octanol–water partition coefficient (Wildman–Crippen LogP) is 2.42. The number of nitrogens with zero attached hydrogens (tertiary/aromatic N) is 3. The third-order valence-electron chi connectivity index (χ3n) is 6.19. The van der Waals surface area contributed by atoms with Crippen molar-refractivity contribution in [3.63, 3.8) is 0 Å². The summed E-state index contributed by atoms with van der Waals surface area (Å²) >= 11 is 0. The maximum atomic E-state index is 12.5. The van der Waals surface area contributed by atoms with Gasteiger partial charge < -0.3 is 15.0 Å². The van der Waals surface area contributed by atoms with Crippen LogP contribution in [0, 0.1) is 6.92 Å². The van der Waals surface area contributed by atoms with Crippen LogP contribution < -0.4 is 5.69 Å². The number of aryl methyl sites for hydroxylation is 1. The summed E-state index contributed by atoms with van der Waals surface area (Å²) in [6, 6.07) is 6.28. The molecule has 140 valence electrons. The highest BCUT2D eigenvalue weighted by molar-refractivity contribution is 5.76. The number of fused-ring (bicyclic) bond motifs is 1. The summed E-state index contributed by atoms with van der Waals surface area (Å²) in [7, 11) is 0. The van der Waals surface area contributed by atoms with E-state index in [0.29, 0.717) is 13.1 Å². The highest BCUT2D eigenvalue weighted by atomic mass is 16.4. The summed E-state index contributed by atoms with van der Waals surface area (Å²) < 4.78 is 1.91. The second-order valence-electron chi connectivity index (χ2n) is 7.99. The Hall–Kier alpha value is -2.28. The molecular formula is C19H26N4O3. The largest absolute Gasteiger partial charge is 0.465 e. The van der Waals surface area contributed by atoms with Gasteiger partial charge in [0.15, 0.2) is 0 Å². The lowest BCUT2D eigenvalue weighted by Gasteiger charge is -2.42. The van der Waals surface area contributed by atoms with Gasteiger partial charge in [-0.3, -0.25) is 9.47 Å². The van der Waals surface area contributed by atoms with Gasteiger partial charge in [-0.1, -0.05) is 6.07 Å². The summed E-state index contributed by atoms with van der Waals surface area (Å²) in [5.41, 5.74) is 2.89. The van der Waals surface area contributed by atoms with E-state index in [1.807, 2.05) is 29.7 Å². The predicted molar refractivity (Wildman–Crippen MR) is 99.8 cm³/mol. The molecule has 0 radical (unpaired) electrons. The number of piperidine rings is 1. The smallest absolute Gasteiger partial charge is 0.407 e. The molecule has 0 spiro atoms. The number of hydrogen-bond donors (Lipinski definition) is 2. The highest BCUT2D eigenvalue weighted by Crippen LogP contribution is 2.33. The molecule has 1 atom stereocenters. The van der Waals surface area contributed by atoms with Gasteiger partial charge >= 0.3 is 11.8 Å². The molecule has 1 unspecified atom stereocenters. The molecule has 1 aromatic carbocycles. The Morgan fingerprint density at radius 1 is 1.27 bits per heavy atom. The molecule has 2 aliphatic rings. The Morgan fingerprint density at radius 2 is 2.00 bits per heavy atom. The SMILES string of the molecule is Cc1ccc2c(c1)[nH]c(=O)n2C1CCN(C2(C)CCN(C(=O)O)C2)CC1. The minimum atomic E-state index is -0.829. The van der Waals surface area contributed by atoms with E-state index in [-0.39, 0.29) is 17.3 Å². The fourth-order valence-electron chi connectivity index (χ4n) is 4.64. The second kappa shape index (κ2) is 6.16. The van der Waals surface area contributed by atoms with Crippen molar-refractivity contribution in [1.29, 1.82) is 0 Å². The Kier molecular flexibility index (Phi) is 4.06. The number of aromatic amines is 1. The van der Waals surface area contributed by atoms with Gasteiger partial charge in [-0.05, 0) is 50.8 Å². The molecule has 0 saturated carbocycles. The molecule has 1 aromatic heterocycles. The van der Waals surface area contributed by atoms with Gasteiger partial charge in [0.2, 0.25) is 0 Å². The minimum absolute atomic E-state index is 0.0341. The van der Waals surface area contributed by atoms with Crippen LogP contribution in [-0.4, -0.2) is 62.3 Å². The van der Waals surface area contributed by atoms with Crippen LogP contribution in [0.15, 0.2) is 23.0 Å². The van der Waals surface area contributed by atoms with E-state index in [1.165, 1.54) is 4.90 Å². The van der Waals surface area contributed by atoms with Crippen molar-refractivity contribution in [3.05, 3.63) is 34.2 Å². The molecule has 2 fully saturated rings. The molecule has 7 nitrogen and oxygen atoms in total. The lowest BCUT2D eigenvalue weighted by Crippen LogP contribution is -2.52. The normalized spacial score (nSPS) is 25.2. The molecule has 4 rings (SSSR count). The Bertz CT molecular complexity index is 894. The van der Waals surface area contributed by atoms with Crippen molar-refractivity contribution >= 4 is 17.1 Å². The summed E-state index contributed by atoms with van der Waals surface area (Å²) in [6.07, 6.45) is 1.85. The van der Waals surface area contributed by atoms with E-state index in [2.05, 4.69) is 16.8 Å². The third-order valence-corrected chi connectivity index (χ3v) is 6.19. The summed E-state index contributed by atoms with van der Waals surface area (Å²) in [5.74, 6) is 0. The van der Waals surface area contributed by atoms with E-state index >= 15 is 0 Å². The van der Waals surface area contributed by atoms with Crippen molar-refractivity contribution in [2.45, 2.75) is 44.7 Å². The zero-order valence-electron chi connectivity index (χ0n) is 15.4. The van der Waals surface area contributed by atoms with Crippen molar-refractivity contribution in [2.75, 3.05) is 26.2 Å². The van der Waals surface area contributed by atoms with Crippen LogP contribution in [0.25, 0.3) is 11.0 Å². The fourth-order valence-corrected chi connectivity index (χ4v) is 4.64. The van der Waals surface area contributed by atoms with Crippen molar-refractivity contribution in [2.24, 2.45) is 0 Å². The molecule has 0 bridgehead atoms. The lowest BCUT2D eigenvalue weighted by atomic mass is 9.93. The molecule has 2 saturated heterocycles. The number of carbonyl (C=O) groups is 1. The van der Waals surface area contributed by atoms with Crippen LogP contribution in [0.3, 0.4) is 0 Å². The van der Waals surface area contributed by atoms with E-state index in [9.17, 15) is 14.7 Å². The summed E-state index contributed by atoms with van der Waals surface area (Å²) in [4.78, 5) is 30.6. The summed E-state index contributed by atoms with van der Waals surface area (Å²) in [6.45, 7) is 7.14. The maximum Gasteiger partial charge on any atom is 0.407 e. The average Bonchev–Trinajstić information content (AvgIpc) is 3.15. The van der Waals surface area contributed by atoms with E-state index in [1.54, 1.807) is 0 Å². The number of aromatic nitrogens is 2. The summed E-state index contributed by atoms with van der Waals surface area (Å²) in [5, 5.41) is 9.23. The number of benzene rings is 1. The first-order valence-corrected chi connectivity index (χ1v) is 9.31. The third kappa shape index (κ3) is 2.80. The van der Waals surface area contributed by atoms with Crippen LogP contribution in [-0.2, 0) is 0 Å². The number of imidazole rings is 1. The zero-order chi connectivity index (χ0) is 18.5. The van der Waals surface area contributed by atoms with Gasteiger partial charge in [-0.2, -0.15) is 0 Å². The number of hydrogen-bond acceptors (Lipinski definition) is 3. The van der Waals surface area contributed by atoms with E-state index in [0.717, 1.165) is 48.9 Å². The van der Waals surface area contributed by atoms with Crippen LogP contribution in [0.1, 0.15) is 37.8 Å². The van der Waals surface area contributed by atoms with Gasteiger partial charge in [0.1, 0.15) is 0 Å². The number of rotatable bonds is 2. The van der Waals surface area contributed by atoms with Gasteiger partial charge in [-0.15, -0.1) is 0 Å². The van der Waals surface area contributed by atoms with Crippen LogP contribution in [0.4, 0.5) is 4.79 Å². The molecule has 2 aromatic rings. The quantitative estimate of drug-likeness (QED) is 0.864. The number of likely N-dealkylation sites (tertiary alicyclic amines) is 2. The molecule has 2 N–H and O–H groups in total. The van der Waals surface area contributed by atoms with Crippen molar-refractivity contribution in [3.8, 4) is 0 Å². The van der Waals surface area contributed by atoms with Gasteiger partial charge in [-0.25, -0.2) is 9.59 Å². The average molecular weight is 358 g/mol. The Morgan fingerprint density at radius 3 is 2.65 bits per heavy atom. The number of H-pyrrole nitrogens is 1. The Balaban J connectivity index is 1.50. The molecular weight excluding hydrogens is 332 g/mol. The molecule has 1 amide bonds. The van der Waals surface area contributed by atoms with Gasteiger partial charge in [0.05, 0.1) is 11.0 Å². The molecule has 2 aliphatic heterocycles. The van der Waals surface area contributed by atoms with E-state index in [4.69, 9.17) is 0 Å². The van der Waals surface area contributed by atoms with E-state index < -0.39 is 6.09 Å². The first kappa shape index (κ1) is 17.1. The van der Waals surface area contributed by atoms with Crippen molar-refractivity contribution in [1.82, 2.24) is 19.4 Å². The fraction of sp³-hybridized carbons (Fsp3) is 0.579. The number of amides is 1. The van der Waals surface area contributed by atoms with Gasteiger partial charge in [0, 0.05) is 37.8 Å². The minimum Gasteiger partial charge on any atom is -0.465 e. The zero-order valence-corrected chi connectivity index (χ0v) is 15.4. The first-order valence-electron chi connectivity index (χ1n) is 9.31. The molecule has 0 aliphatic carbocycles. The molecule has 7 heteroatoms. The second-order valence-corrected chi connectivity index (χ2v) is 7.99. The number of nitrogens with one attached hydrogen (secondary N) is 1. The topological polar surface area (TPSA) is 81.6 Å². The monoisotopic (exact) mass is 358 g/mol. The number of carboxylic acid groups (broad SMARTS) is 1.